The molecule has 0 aliphatic rings. The minimum Gasteiger partial charge on any atom is -0.398 e. The lowest BCUT2D eigenvalue weighted by Gasteiger charge is -2.17. The van der Waals surface area contributed by atoms with E-state index in [0.29, 0.717) is 45.3 Å². The van der Waals surface area contributed by atoms with Gasteiger partial charge in [-0.15, -0.1) is 0 Å². The molecular weight excluding hydrogens is 268 g/mol. The zero-order valence-corrected chi connectivity index (χ0v) is 11.5. The second-order valence-electron chi connectivity index (χ2n) is 4.90. The highest BCUT2D eigenvalue weighted by molar-refractivity contribution is 5.89. The van der Waals surface area contributed by atoms with Crippen molar-refractivity contribution in [2.24, 2.45) is 0 Å². The smallest absolute Gasteiger partial charge is 0.0785 e. The predicted octanol–water partition coefficient (Wildman–Crippen LogP) is -0.0650. The Morgan fingerprint density at radius 1 is 0.476 bits per heavy atom. The summed E-state index contributed by atoms with van der Waals surface area (Å²) in [6, 6.07) is 3.10. The van der Waals surface area contributed by atoms with Crippen LogP contribution in [0, 0.1) is 0 Å². The summed E-state index contributed by atoms with van der Waals surface area (Å²) >= 11 is 0. The van der Waals surface area contributed by atoms with Crippen molar-refractivity contribution in [1.82, 2.24) is 0 Å². The normalized spacial score (nSPS) is 10.7. The molecule has 8 heteroatoms. The Balaban J connectivity index is 2.59. The van der Waals surface area contributed by atoms with Gasteiger partial charge in [0, 0.05) is 28.9 Å². The molecule has 2 aromatic carbocycles. The molecule has 0 saturated heterocycles. The third kappa shape index (κ3) is 2.22. The molecule has 0 spiro atoms. The molecule has 0 heterocycles. The number of hydrogen-bond acceptors (Lipinski definition) is 8. The number of benzene rings is 2. The molecular formula is C13H20N8. The lowest BCUT2D eigenvalue weighted by Crippen LogP contribution is -2.11. The van der Waals surface area contributed by atoms with Crippen LogP contribution < -0.4 is 45.9 Å². The fourth-order valence-electron chi connectivity index (χ4n) is 2.18. The van der Waals surface area contributed by atoms with Crippen molar-refractivity contribution < 1.29 is 0 Å². The minimum absolute atomic E-state index is 0.278. The Morgan fingerprint density at radius 3 is 1.14 bits per heavy atom. The average Bonchev–Trinajstić information content (AvgIpc) is 2.42. The van der Waals surface area contributed by atoms with E-state index in [1.165, 1.54) is 0 Å². The van der Waals surface area contributed by atoms with Gasteiger partial charge in [0.15, 0.2) is 0 Å². The first-order valence-electron chi connectivity index (χ1n) is 6.17. The van der Waals surface area contributed by atoms with E-state index in [2.05, 4.69) is 0 Å². The van der Waals surface area contributed by atoms with E-state index in [1.54, 1.807) is 12.1 Å². The Kier molecular flexibility index (Phi) is 3.22. The summed E-state index contributed by atoms with van der Waals surface area (Å²) in [5.41, 5.74) is 50.8. The first kappa shape index (κ1) is 14.3. The standard InChI is InChI=1S/C13H20N8/c14-6-2-8(16)12(20)10(18)4(6)1-5-7(15)3-9(17)13(21)11(5)19/h2-3H,1,14-21H2. The van der Waals surface area contributed by atoms with Gasteiger partial charge in [-0.05, 0) is 12.1 Å². The van der Waals surface area contributed by atoms with Gasteiger partial charge in [-0.3, -0.25) is 0 Å². The van der Waals surface area contributed by atoms with E-state index in [4.69, 9.17) is 45.9 Å². The van der Waals surface area contributed by atoms with E-state index >= 15 is 0 Å². The highest BCUT2D eigenvalue weighted by Crippen LogP contribution is 2.38. The van der Waals surface area contributed by atoms with Gasteiger partial charge >= 0.3 is 0 Å². The van der Waals surface area contributed by atoms with E-state index in [1.807, 2.05) is 0 Å². The quantitative estimate of drug-likeness (QED) is 0.350. The van der Waals surface area contributed by atoms with Gasteiger partial charge in [-0.1, -0.05) is 0 Å². The molecule has 112 valence electrons. The van der Waals surface area contributed by atoms with Crippen LogP contribution in [0.2, 0.25) is 0 Å². The van der Waals surface area contributed by atoms with Crippen LogP contribution in [0.3, 0.4) is 0 Å². The number of hydrogen-bond donors (Lipinski definition) is 8. The van der Waals surface area contributed by atoms with Gasteiger partial charge in [0.05, 0.1) is 34.1 Å². The van der Waals surface area contributed by atoms with Gasteiger partial charge < -0.3 is 45.9 Å². The number of nitrogens with two attached hydrogens (primary N) is 8. The third-order valence-electron chi connectivity index (χ3n) is 3.53. The third-order valence-corrected chi connectivity index (χ3v) is 3.53. The van der Waals surface area contributed by atoms with Crippen LogP contribution in [0.15, 0.2) is 12.1 Å². The van der Waals surface area contributed by atoms with Crippen LogP contribution in [-0.4, -0.2) is 0 Å². The van der Waals surface area contributed by atoms with Crippen LogP contribution in [-0.2, 0) is 6.42 Å². The molecule has 16 N–H and O–H groups in total. The maximum atomic E-state index is 5.98. The van der Waals surface area contributed by atoms with Crippen LogP contribution in [0.4, 0.5) is 45.5 Å². The molecule has 0 unspecified atom stereocenters. The van der Waals surface area contributed by atoms with Crippen molar-refractivity contribution in [1.29, 1.82) is 0 Å². The molecule has 2 rings (SSSR count). The Morgan fingerprint density at radius 2 is 0.810 bits per heavy atom. The molecule has 0 atom stereocenters. The first-order valence-corrected chi connectivity index (χ1v) is 6.17. The zero-order chi connectivity index (χ0) is 15.9. The van der Waals surface area contributed by atoms with Crippen molar-refractivity contribution >= 4 is 45.5 Å². The van der Waals surface area contributed by atoms with Crippen molar-refractivity contribution in [3.63, 3.8) is 0 Å². The number of rotatable bonds is 2. The topological polar surface area (TPSA) is 208 Å². The van der Waals surface area contributed by atoms with E-state index < -0.39 is 0 Å². The predicted molar refractivity (Wildman–Crippen MR) is 91.0 cm³/mol. The summed E-state index contributed by atoms with van der Waals surface area (Å²) in [4.78, 5) is 0. The molecule has 0 bridgehead atoms. The fourth-order valence-corrected chi connectivity index (χ4v) is 2.18. The summed E-state index contributed by atoms with van der Waals surface area (Å²) in [7, 11) is 0. The maximum absolute atomic E-state index is 5.98. The highest BCUT2D eigenvalue weighted by Gasteiger charge is 2.16. The van der Waals surface area contributed by atoms with Crippen molar-refractivity contribution in [3.05, 3.63) is 23.3 Å². The molecule has 0 aromatic heterocycles. The van der Waals surface area contributed by atoms with Gasteiger partial charge in [0.25, 0.3) is 0 Å². The lowest BCUT2D eigenvalue weighted by molar-refractivity contribution is 1.21. The van der Waals surface area contributed by atoms with E-state index in [9.17, 15) is 0 Å². The van der Waals surface area contributed by atoms with Crippen molar-refractivity contribution in [3.8, 4) is 0 Å². The minimum atomic E-state index is 0.278. The first-order chi connectivity index (χ1) is 9.73. The van der Waals surface area contributed by atoms with Crippen LogP contribution >= 0.6 is 0 Å². The summed E-state index contributed by atoms with van der Waals surface area (Å²) in [5, 5.41) is 0. The summed E-state index contributed by atoms with van der Waals surface area (Å²) in [5.74, 6) is 0. The zero-order valence-electron chi connectivity index (χ0n) is 11.5. The molecule has 0 aliphatic carbocycles. The van der Waals surface area contributed by atoms with Crippen molar-refractivity contribution in [2.45, 2.75) is 6.42 Å². The Hall–Kier alpha value is -3.16. The summed E-state index contributed by atoms with van der Waals surface area (Å²) < 4.78 is 0. The van der Waals surface area contributed by atoms with Crippen LogP contribution in [0.5, 0.6) is 0 Å². The SMILES string of the molecule is Nc1cc(N)c(Cc2c(N)cc(N)c(N)c2N)c(N)c1N. The molecule has 0 saturated carbocycles. The molecule has 2 aromatic rings. The Bertz CT molecular complexity index is 662. The molecule has 0 radical (unpaired) electrons. The molecule has 0 amide bonds. The highest BCUT2D eigenvalue weighted by atomic mass is 14.8. The van der Waals surface area contributed by atoms with Crippen LogP contribution in [0.1, 0.15) is 11.1 Å². The van der Waals surface area contributed by atoms with Crippen LogP contribution in [0.25, 0.3) is 0 Å². The van der Waals surface area contributed by atoms with Gasteiger partial charge in [-0.2, -0.15) is 0 Å². The summed E-state index contributed by atoms with van der Waals surface area (Å²) in [6.45, 7) is 0. The maximum Gasteiger partial charge on any atom is 0.0785 e. The molecule has 0 fully saturated rings. The van der Waals surface area contributed by atoms with E-state index in [0.717, 1.165) is 0 Å². The second-order valence-corrected chi connectivity index (χ2v) is 4.90. The second kappa shape index (κ2) is 4.75. The van der Waals surface area contributed by atoms with Crippen molar-refractivity contribution in [2.75, 3.05) is 45.9 Å². The van der Waals surface area contributed by atoms with Gasteiger partial charge in [0.1, 0.15) is 0 Å². The molecule has 0 aliphatic heterocycles. The fraction of sp³-hybridized carbons (Fsp3) is 0.0769. The number of nitrogen functional groups attached to an aromatic ring is 8. The lowest BCUT2D eigenvalue weighted by atomic mass is 9.96. The molecule has 8 nitrogen and oxygen atoms in total. The average molecular weight is 288 g/mol. The largest absolute Gasteiger partial charge is 0.398 e. The Labute approximate surface area is 122 Å². The monoisotopic (exact) mass is 288 g/mol. The molecule has 21 heavy (non-hydrogen) atoms. The van der Waals surface area contributed by atoms with Gasteiger partial charge in [-0.25, -0.2) is 0 Å². The summed E-state index contributed by atoms with van der Waals surface area (Å²) in [6.07, 6.45) is 0.282. The van der Waals surface area contributed by atoms with Gasteiger partial charge in [0.2, 0.25) is 0 Å². The number of anilines is 8. The van der Waals surface area contributed by atoms with E-state index in [-0.39, 0.29) is 17.8 Å².